The summed E-state index contributed by atoms with van der Waals surface area (Å²) in [6, 6.07) is 1.79. The fraction of sp³-hybridized carbons (Fsp3) is 0.455. The van der Waals surface area contributed by atoms with Crippen LogP contribution in [0.15, 0.2) is 6.07 Å². The fourth-order valence-electron chi connectivity index (χ4n) is 4.10. The Morgan fingerprint density at radius 1 is 1.30 bits per heavy atom. The van der Waals surface area contributed by atoms with Gasteiger partial charge in [0.2, 0.25) is 0 Å². The van der Waals surface area contributed by atoms with Crippen molar-refractivity contribution >= 4 is 39.2 Å². The summed E-state index contributed by atoms with van der Waals surface area (Å²) in [5, 5.41) is 8.93. The van der Waals surface area contributed by atoms with Crippen LogP contribution in [-0.4, -0.2) is 33.8 Å². The molecule has 8 heteroatoms. The molecule has 0 bridgehead atoms. The SMILES string of the molecule is CCCCn1nc(C)c2c(C(=O)Nc3sc4c(c3C(=O)OC)CCC4)cc(C)nc21. The number of hydrogen-bond acceptors (Lipinski definition) is 6. The molecule has 0 unspecified atom stereocenters. The van der Waals surface area contributed by atoms with Gasteiger partial charge in [0.25, 0.3) is 5.91 Å². The summed E-state index contributed by atoms with van der Waals surface area (Å²) in [6.07, 6.45) is 4.85. The number of ether oxygens (including phenoxy) is 1. The summed E-state index contributed by atoms with van der Waals surface area (Å²) in [4.78, 5) is 31.5. The minimum absolute atomic E-state index is 0.256. The molecule has 0 fully saturated rings. The van der Waals surface area contributed by atoms with Crippen molar-refractivity contribution < 1.29 is 14.3 Å². The number of nitrogens with zero attached hydrogens (tertiary/aromatic N) is 3. The van der Waals surface area contributed by atoms with E-state index in [0.717, 1.165) is 71.5 Å². The molecule has 158 valence electrons. The highest BCUT2D eigenvalue weighted by Crippen LogP contribution is 2.40. The first-order valence-electron chi connectivity index (χ1n) is 10.3. The van der Waals surface area contributed by atoms with Crippen molar-refractivity contribution in [1.82, 2.24) is 14.8 Å². The first-order chi connectivity index (χ1) is 14.4. The summed E-state index contributed by atoms with van der Waals surface area (Å²) in [6.45, 7) is 6.68. The van der Waals surface area contributed by atoms with Crippen molar-refractivity contribution in [3.8, 4) is 0 Å². The second-order valence-corrected chi connectivity index (χ2v) is 8.78. The molecule has 4 rings (SSSR count). The van der Waals surface area contributed by atoms with Crippen molar-refractivity contribution in [3.05, 3.63) is 39.0 Å². The number of rotatable bonds is 6. The number of fused-ring (bicyclic) bond motifs is 2. The second kappa shape index (κ2) is 8.18. The number of carbonyl (C=O) groups is 2. The third-order valence-corrected chi connectivity index (χ3v) is 6.72. The predicted octanol–water partition coefficient (Wildman–Crippen LogP) is 4.44. The number of carbonyl (C=O) groups excluding carboxylic acids is 2. The molecular formula is C22H26N4O3S. The summed E-state index contributed by atoms with van der Waals surface area (Å²) >= 11 is 1.48. The molecule has 0 atom stereocenters. The van der Waals surface area contributed by atoms with Gasteiger partial charge in [0.15, 0.2) is 5.65 Å². The number of anilines is 1. The Morgan fingerprint density at radius 3 is 2.83 bits per heavy atom. The smallest absolute Gasteiger partial charge is 0.341 e. The molecule has 0 saturated carbocycles. The largest absolute Gasteiger partial charge is 0.465 e. The van der Waals surface area contributed by atoms with Gasteiger partial charge in [-0.25, -0.2) is 14.5 Å². The average molecular weight is 427 g/mol. The van der Waals surface area contributed by atoms with E-state index in [0.29, 0.717) is 16.1 Å². The van der Waals surface area contributed by atoms with E-state index >= 15 is 0 Å². The van der Waals surface area contributed by atoms with E-state index in [4.69, 9.17) is 4.74 Å². The maximum absolute atomic E-state index is 13.3. The number of hydrogen-bond donors (Lipinski definition) is 1. The molecule has 1 aliphatic rings. The van der Waals surface area contributed by atoms with Crippen molar-refractivity contribution in [2.75, 3.05) is 12.4 Å². The molecule has 3 aromatic rings. The van der Waals surface area contributed by atoms with E-state index in [1.165, 1.54) is 18.4 Å². The molecule has 30 heavy (non-hydrogen) atoms. The summed E-state index contributed by atoms with van der Waals surface area (Å²) in [7, 11) is 1.37. The Balaban J connectivity index is 1.75. The standard InChI is InChI=1S/C22H26N4O3S/c1-5-6-10-26-19-17(13(3)25-26)15(11-12(2)23-19)20(27)24-21-18(22(28)29-4)14-8-7-9-16(14)30-21/h11H,5-10H2,1-4H3,(H,24,27). The number of nitrogens with one attached hydrogen (secondary N) is 1. The molecular weight excluding hydrogens is 400 g/mol. The third-order valence-electron chi connectivity index (χ3n) is 5.51. The van der Waals surface area contributed by atoms with Crippen LogP contribution in [0, 0.1) is 13.8 Å². The van der Waals surface area contributed by atoms with Crippen LogP contribution in [0.1, 0.15) is 68.7 Å². The summed E-state index contributed by atoms with van der Waals surface area (Å²) < 4.78 is 6.88. The van der Waals surface area contributed by atoms with E-state index in [1.807, 2.05) is 18.5 Å². The van der Waals surface area contributed by atoms with Crippen LogP contribution in [0.25, 0.3) is 11.0 Å². The van der Waals surface area contributed by atoms with Crippen LogP contribution in [0.2, 0.25) is 0 Å². The van der Waals surface area contributed by atoms with Crippen LogP contribution in [-0.2, 0) is 24.1 Å². The van der Waals surface area contributed by atoms with Gasteiger partial charge in [-0.1, -0.05) is 13.3 Å². The Labute approximate surface area is 179 Å². The average Bonchev–Trinajstić information content (AvgIpc) is 3.38. The van der Waals surface area contributed by atoms with Crippen LogP contribution in [0.3, 0.4) is 0 Å². The molecule has 0 spiro atoms. The second-order valence-electron chi connectivity index (χ2n) is 7.68. The number of unbranched alkanes of at least 4 members (excludes halogenated alkanes) is 1. The first-order valence-corrected chi connectivity index (χ1v) is 11.1. The van der Waals surface area contributed by atoms with Crippen LogP contribution < -0.4 is 5.32 Å². The number of methoxy groups -OCH3 is 1. The van der Waals surface area contributed by atoms with Gasteiger partial charge >= 0.3 is 5.97 Å². The van der Waals surface area contributed by atoms with E-state index in [9.17, 15) is 9.59 Å². The van der Waals surface area contributed by atoms with E-state index in [2.05, 4.69) is 22.3 Å². The van der Waals surface area contributed by atoms with Gasteiger partial charge < -0.3 is 10.1 Å². The number of amides is 1. The number of thiophene rings is 1. The third kappa shape index (κ3) is 3.49. The minimum Gasteiger partial charge on any atom is -0.465 e. The van der Waals surface area contributed by atoms with Crippen molar-refractivity contribution in [2.24, 2.45) is 0 Å². The zero-order valence-electron chi connectivity index (χ0n) is 17.8. The van der Waals surface area contributed by atoms with Gasteiger partial charge in [-0.05, 0) is 51.2 Å². The topological polar surface area (TPSA) is 86.1 Å². The molecule has 0 aromatic carbocycles. The lowest BCUT2D eigenvalue weighted by molar-refractivity contribution is 0.0601. The monoisotopic (exact) mass is 426 g/mol. The normalized spacial score (nSPS) is 12.9. The highest BCUT2D eigenvalue weighted by Gasteiger charge is 2.29. The molecule has 7 nitrogen and oxygen atoms in total. The molecule has 3 aromatic heterocycles. The maximum atomic E-state index is 13.3. The van der Waals surface area contributed by atoms with E-state index in [-0.39, 0.29) is 5.91 Å². The Morgan fingerprint density at radius 2 is 2.10 bits per heavy atom. The Hall–Kier alpha value is -2.74. The predicted molar refractivity (Wildman–Crippen MR) is 118 cm³/mol. The van der Waals surface area contributed by atoms with Crippen LogP contribution in [0.4, 0.5) is 5.00 Å². The quantitative estimate of drug-likeness (QED) is 0.589. The first kappa shape index (κ1) is 20.5. The lowest BCUT2D eigenvalue weighted by Gasteiger charge is -2.09. The van der Waals surface area contributed by atoms with E-state index in [1.54, 1.807) is 6.07 Å². The van der Waals surface area contributed by atoms with Crippen LogP contribution in [0.5, 0.6) is 0 Å². The van der Waals surface area contributed by atoms with Gasteiger partial charge in [-0.2, -0.15) is 5.10 Å². The zero-order valence-corrected chi connectivity index (χ0v) is 18.6. The summed E-state index contributed by atoms with van der Waals surface area (Å²) in [5.74, 6) is -0.655. The highest BCUT2D eigenvalue weighted by molar-refractivity contribution is 7.17. The Kier molecular flexibility index (Phi) is 5.60. The maximum Gasteiger partial charge on any atom is 0.341 e. The highest BCUT2D eigenvalue weighted by atomic mass is 32.1. The number of aryl methyl sites for hydroxylation is 4. The number of pyridine rings is 1. The number of aromatic nitrogens is 3. The van der Waals surface area contributed by atoms with Gasteiger partial charge in [0.05, 0.1) is 29.3 Å². The van der Waals surface area contributed by atoms with Gasteiger partial charge in [0.1, 0.15) is 5.00 Å². The molecule has 1 N–H and O–H groups in total. The Bertz CT molecular complexity index is 1150. The lowest BCUT2D eigenvalue weighted by Crippen LogP contribution is -2.15. The van der Waals surface area contributed by atoms with Crippen molar-refractivity contribution in [1.29, 1.82) is 0 Å². The summed E-state index contributed by atoms with van der Waals surface area (Å²) in [5.41, 5.74) is 4.31. The zero-order chi connectivity index (χ0) is 21.4. The fourth-order valence-corrected chi connectivity index (χ4v) is 5.37. The van der Waals surface area contributed by atoms with Gasteiger partial charge in [0, 0.05) is 17.1 Å². The molecule has 1 amide bonds. The molecule has 0 aliphatic heterocycles. The van der Waals surface area contributed by atoms with Crippen LogP contribution >= 0.6 is 11.3 Å². The number of esters is 1. The van der Waals surface area contributed by atoms with Gasteiger partial charge in [-0.3, -0.25) is 4.79 Å². The van der Waals surface area contributed by atoms with Gasteiger partial charge in [-0.15, -0.1) is 11.3 Å². The molecule has 3 heterocycles. The van der Waals surface area contributed by atoms with Crippen molar-refractivity contribution in [2.45, 2.75) is 59.4 Å². The molecule has 1 aliphatic carbocycles. The molecule has 0 radical (unpaired) electrons. The lowest BCUT2D eigenvalue weighted by atomic mass is 10.1. The minimum atomic E-state index is -0.399. The molecule has 0 saturated heterocycles. The van der Waals surface area contributed by atoms with Crippen molar-refractivity contribution in [3.63, 3.8) is 0 Å². The van der Waals surface area contributed by atoms with E-state index < -0.39 is 5.97 Å².